The van der Waals surface area contributed by atoms with Crippen molar-refractivity contribution in [1.82, 2.24) is 0 Å². The van der Waals surface area contributed by atoms with Gasteiger partial charge in [-0.25, -0.2) is 0 Å². The molecular weight excluding hydrogens is 212 g/mol. The maximum atomic E-state index is 7.62. The highest BCUT2D eigenvalue weighted by atomic mass is 16.7. The molecule has 16 heavy (non-hydrogen) atoms. The van der Waals surface area contributed by atoms with Crippen molar-refractivity contribution in [1.29, 1.82) is 0 Å². The van der Waals surface area contributed by atoms with E-state index in [-0.39, 0.29) is 24.9 Å². The second kappa shape index (κ2) is 11.3. The monoisotopic (exact) mass is 238 g/mol. The Bertz CT molecular complexity index is 127. The van der Waals surface area contributed by atoms with Crippen molar-refractivity contribution in [3.05, 3.63) is 0 Å². The highest BCUT2D eigenvalue weighted by Gasteiger charge is 2.21. The van der Waals surface area contributed by atoms with Crippen LogP contribution in [0.4, 0.5) is 0 Å². The molecule has 1 heterocycles. The number of hydrogen-bond donors (Lipinski definition) is 3. The SMILES string of the molecule is CC(C)(C)COC1CCO1.CO.OCCO. The summed E-state index contributed by atoms with van der Waals surface area (Å²) in [6.07, 6.45) is 1.16. The van der Waals surface area contributed by atoms with Gasteiger partial charge < -0.3 is 24.8 Å². The molecule has 0 aromatic carbocycles. The summed E-state index contributed by atoms with van der Waals surface area (Å²) >= 11 is 0. The van der Waals surface area contributed by atoms with Crippen LogP contribution in [0.25, 0.3) is 0 Å². The minimum atomic E-state index is -0.125. The fraction of sp³-hybridized carbons (Fsp3) is 1.00. The standard InChI is InChI=1S/C8H16O2.C2H6O2.CH4O/c1-8(2,3)6-10-7-4-5-9-7;3-1-2-4;1-2/h7H,4-6H2,1-3H3;3-4H,1-2H2;2H,1H3. The first-order valence-corrected chi connectivity index (χ1v) is 5.39. The molecular formula is C11H26O5. The maximum Gasteiger partial charge on any atom is 0.159 e. The third kappa shape index (κ3) is 13.8. The molecule has 1 saturated heterocycles. The summed E-state index contributed by atoms with van der Waals surface area (Å²) in [5.74, 6) is 0. The molecule has 5 heteroatoms. The molecule has 0 saturated carbocycles. The first-order chi connectivity index (χ1) is 7.49. The van der Waals surface area contributed by atoms with Gasteiger partial charge in [-0.3, -0.25) is 0 Å². The molecule has 1 unspecified atom stereocenters. The van der Waals surface area contributed by atoms with Crippen LogP contribution in [-0.4, -0.2) is 55.1 Å². The molecule has 3 N–H and O–H groups in total. The summed E-state index contributed by atoms with van der Waals surface area (Å²) in [7, 11) is 1.00. The van der Waals surface area contributed by atoms with Gasteiger partial charge in [0, 0.05) is 13.5 Å². The predicted octanol–water partition coefficient (Wildman–Crippen LogP) is 0.375. The first-order valence-electron chi connectivity index (χ1n) is 5.39. The van der Waals surface area contributed by atoms with E-state index in [0.29, 0.717) is 0 Å². The van der Waals surface area contributed by atoms with Crippen molar-refractivity contribution in [3.63, 3.8) is 0 Å². The number of rotatable bonds is 3. The molecule has 0 bridgehead atoms. The van der Waals surface area contributed by atoms with Crippen molar-refractivity contribution in [3.8, 4) is 0 Å². The molecule has 1 aliphatic heterocycles. The summed E-state index contributed by atoms with van der Waals surface area (Å²) in [6, 6.07) is 0. The second-order valence-electron chi connectivity index (χ2n) is 4.41. The van der Waals surface area contributed by atoms with Crippen LogP contribution < -0.4 is 0 Å². The lowest BCUT2D eigenvalue weighted by Crippen LogP contribution is -2.32. The van der Waals surface area contributed by atoms with Crippen molar-refractivity contribution in [2.75, 3.05) is 33.5 Å². The Morgan fingerprint density at radius 2 is 1.62 bits per heavy atom. The average molecular weight is 238 g/mol. The van der Waals surface area contributed by atoms with Crippen LogP contribution in [0.2, 0.25) is 0 Å². The molecule has 1 rings (SSSR count). The van der Waals surface area contributed by atoms with Crippen molar-refractivity contribution in [2.45, 2.75) is 33.5 Å². The van der Waals surface area contributed by atoms with E-state index in [9.17, 15) is 0 Å². The molecule has 1 atom stereocenters. The second-order valence-corrected chi connectivity index (χ2v) is 4.41. The van der Waals surface area contributed by atoms with E-state index in [1.54, 1.807) is 0 Å². The Morgan fingerprint density at radius 3 is 1.81 bits per heavy atom. The molecule has 1 fully saturated rings. The van der Waals surface area contributed by atoms with Crippen molar-refractivity contribution in [2.24, 2.45) is 5.41 Å². The van der Waals surface area contributed by atoms with Gasteiger partial charge in [-0.05, 0) is 5.41 Å². The topological polar surface area (TPSA) is 79.2 Å². The summed E-state index contributed by atoms with van der Waals surface area (Å²) in [4.78, 5) is 0. The van der Waals surface area contributed by atoms with E-state index in [0.717, 1.165) is 26.7 Å². The van der Waals surface area contributed by atoms with Crippen LogP contribution in [-0.2, 0) is 9.47 Å². The molecule has 0 amide bonds. The van der Waals surface area contributed by atoms with Gasteiger partial charge in [-0.2, -0.15) is 0 Å². The number of aliphatic hydroxyl groups is 3. The Balaban J connectivity index is 0. The van der Waals surface area contributed by atoms with E-state index in [4.69, 9.17) is 24.8 Å². The fourth-order valence-electron chi connectivity index (χ4n) is 0.688. The third-order valence-electron chi connectivity index (χ3n) is 1.46. The first kappa shape index (κ1) is 18.2. The fourth-order valence-corrected chi connectivity index (χ4v) is 0.688. The molecule has 0 aliphatic carbocycles. The lowest BCUT2D eigenvalue weighted by Gasteiger charge is -2.29. The highest BCUT2D eigenvalue weighted by molar-refractivity contribution is 4.62. The Labute approximate surface area is 98.0 Å². The summed E-state index contributed by atoms with van der Waals surface area (Å²) in [6.45, 7) is 7.88. The van der Waals surface area contributed by atoms with E-state index >= 15 is 0 Å². The van der Waals surface area contributed by atoms with Gasteiger partial charge in [0.15, 0.2) is 6.29 Å². The van der Waals surface area contributed by atoms with Gasteiger partial charge in [0.2, 0.25) is 0 Å². The Morgan fingerprint density at radius 1 is 1.19 bits per heavy atom. The van der Waals surface area contributed by atoms with Gasteiger partial charge in [0.1, 0.15) is 0 Å². The normalized spacial score (nSPS) is 18.6. The van der Waals surface area contributed by atoms with Crippen LogP contribution in [0, 0.1) is 5.41 Å². The molecule has 0 aromatic heterocycles. The number of hydrogen-bond acceptors (Lipinski definition) is 5. The van der Waals surface area contributed by atoms with E-state index in [2.05, 4.69) is 20.8 Å². The lowest BCUT2D eigenvalue weighted by molar-refractivity contribution is -0.224. The molecule has 1 aliphatic rings. The van der Waals surface area contributed by atoms with Crippen molar-refractivity contribution < 1.29 is 24.8 Å². The zero-order chi connectivity index (χ0) is 13.0. The van der Waals surface area contributed by atoms with Crippen LogP contribution in [0.3, 0.4) is 0 Å². The Kier molecular flexibility index (Phi) is 12.8. The van der Waals surface area contributed by atoms with E-state index < -0.39 is 0 Å². The van der Waals surface area contributed by atoms with E-state index in [1.807, 2.05) is 0 Å². The number of aliphatic hydroxyl groups excluding tert-OH is 3. The summed E-state index contributed by atoms with van der Waals surface area (Å²) in [5.41, 5.74) is 0.263. The summed E-state index contributed by atoms with van der Waals surface area (Å²) < 4.78 is 10.5. The Hall–Kier alpha value is -0.200. The van der Waals surface area contributed by atoms with Crippen LogP contribution in [0.15, 0.2) is 0 Å². The molecule has 0 aromatic rings. The molecule has 0 spiro atoms. The molecule has 0 radical (unpaired) electrons. The van der Waals surface area contributed by atoms with Crippen LogP contribution in [0.1, 0.15) is 27.2 Å². The largest absolute Gasteiger partial charge is 0.400 e. The minimum absolute atomic E-state index is 0.0965. The quantitative estimate of drug-likeness (QED) is 0.662. The minimum Gasteiger partial charge on any atom is -0.400 e. The van der Waals surface area contributed by atoms with Crippen LogP contribution in [0.5, 0.6) is 0 Å². The zero-order valence-corrected chi connectivity index (χ0v) is 10.8. The average Bonchev–Trinajstić information content (AvgIpc) is 2.17. The van der Waals surface area contributed by atoms with E-state index in [1.165, 1.54) is 0 Å². The predicted molar refractivity (Wildman–Crippen MR) is 62.1 cm³/mol. The van der Waals surface area contributed by atoms with Gasteiger partial charge in [-0.1, -0.05) is 20.8 Å². The van der Waals surface area contributed by atoms with Gasteiger partial charge in [-0.15, -0.1) is 0 Å². The molecule has 100 valence electrons. The molecule has 5 nitrogen and oxygen atoms in total. The maximum absolute atomic E-state index is 7.62. The smallest absolute Gasteiger partial charge is 0.159 e. The third-order valence-corrected chi connectivity index (χ3v) is 1.46. The van der Waals surface area contributed by atoms with Gasteiger partial charge >= 0.3 is 0 Å². The van der Waals surface area contributed by atoms with Crippen molar-refractivity contribution >= 4 is 0 Å². The van der Waals surface area contributed by atoms with Gasteiger partial charge in [0.05, 0.1) is 26.4 Å². The van der Waals surface area contributed by atoms with Gasteiger partial charge in [0.25, 0.3) is 0 Å². The zero-order valence-electron chi connectivity index (χ0n) is 10.8. The lowest BCUT2D eigenvalue weighted by atomic mass is 9.99. The van der Waals surface area contributed by atoms with Crippen LogP contribution >= 0.6 is 0 Å². The number of ether oxygens (including phenoxy) is 2. The highest BCUT2D eigenvalue weighted by Crippen LogP contribution is 2.18. The summed E-state index contributed by atoms with van der Waals surface area (Å²) in [5, 5.41) is 22.2.